The Hall–Kier alpha value is -0.0400. The molecule has 0 aromatic rings. The van der Waals surface area contributed by atoms with E-state index >= 15 is 0 Å². The molecule has 0 spiro atoms. The molecule has 0 rings (SSSR count). The summed E-state index contributed by atoms with van der Waals surface area (Å²) in [6, 6.07) is 0. The van der Waals surface area contributed by atoms with E-state index in [-0.39, 0.29) is 0 Å². The van der Waals surface area contributed by atoms with Crippen LogP contribution in [0.15, 0.2) is 0 Å². The first-order chi connectivity index (χ1) is 5.36. The van der Waals surface area contributed by atoms with Crippen LogP contribution in [0.4, 0.5) is 0 Å². The summed E-state index contributed by atoms with van der Waals surface area (Å²) in [4.78, 5) is 2.28. The predicted molar refractivity (Wildman–Crippen MR) is 58.6 cm³/mol. The summed E-state index contributed by atoms with van der Waals surface area (Å²) >= 11 is 0. The average molecular weight is 173 g/mol. The normalized spacial score (nSPS) is 11.5. The Morgan fingerprint density at radius 2 is 1.42 bits per heavy atom. The Kier molecular flexibility index (Phi) is 7.81. The molecule has 0 atom stereocenters. The van der Waals surface area contributed by atoms with E-state index in [0.29, 0.717) is 5.54 Å². The van der Waals surface area contributed by atoms with Gasteiger partial charge in [0.15, 0.2) is 0 Å². The van der Waals surface area contributed by atoms with Crippen LogP contribution in [0.25, 0.3) is 0 Å². The van der Waals surface area contributed by atoms with E-state index in [2.05, 4.69) is 46.7 Å². The molecule has 1 heteroatoms. The lowest BCUT2D eigenvalue weighted by Crippen LogP contribution is -2.39. The molecule has 0 saturated carbocycles. The molecule has 12 heavy (non-hydrogen) atoms. The third-order valence-electron chi connectivity index (χ3n) is 2.12. The van der Waals surface area contributed by atoms with Crippen molar-refractivity contribution in [2.75, 3.05) is 14.1 Å². The van der Waals surface area contributed by atoms with Gasteiger partial charge in [0.25, 0.3) is 0 Å². The van der Waals surface area contributed by atoms with Crippen LogP contribution < -0.4 is 0 Å². The second-order valence-electron chi connectivity index (χ2n) is 4.30. The van der Waals surface area contributed by atoms with Gasteiger partial charge in [-0.05, 0) is 40.3 Å². The SMILES string of the molecule is CC.CC(C)CC(C)(C)N(C)C. The molecule has 1 nitrogen and oxygen atoms in total. The first-order valence-electron chi connectivity index (χ1n) is 5.03. The molecule has 0 aliphatic rings. The van der Waals surface area contributed by atoms with Gasteiger partial charge in [-0.15, -0.1) is 0 Å². The van der Waals surface area contributed by atoms with Gasteiger partial charge in [-0.2, -0.15) is 0 Å². The van der Waals surface area contributed by atoms with Crippen LogP contribution in [0, 0.1) is 5.92 Å². The summed E-state index contributed by atoms with van der Waals surface area (Å²) in [6.07, 6.45) is 1.26. The quantitative estimate of drug-likeness (QED) is 0.632. The Labute approximate surface area is 79.2 Å². The molecule has 0 aliphatic carbocycles. The van der Waals surface area contributed by atoms with Crippen LogP contribution in [0.5, 0.6) is 0 Å². The van der Waals surface area contributed by atoms with Gasteiger partial charge in [-0.1, -0.05) is 27.7 Å². The van der Waals surface area contributed by atoms with Gasteiger partial charge in [0, 0.05) is 5.54 Å². The largest absolute Gasteiger partial charge is 0.304 e. The maximum Gasteiger partial charge on any atom is 0.0149 e. The van der Waals surface area contributed by atoms with E-state index in [1.807, 2.05) is 13.8 Å². The molecule has 0 N–H and O–H groups in total. The summed E-state index contributed by atoms with van der Waals surface area (Å²) < 4.78 is 0. The van der Waals surface area contributed by atoms with Crippen LogP contribution in [-0.2, 0) is 0 Å². The van der Waals surface area contributed by atoms with E-state index in [1.165, 1.54) is 6.42 Å². The highest BCUT2D eigenvalue weighted by Gasteiger charge is 2.20. The molecule has 0 bridgehead atoms. The first-order valence-corrected chi connectivity index (χ1v) is 5.03. The highest BCUT2D eigenvalue weighted by atomic mass is 15.1. The van der Waals surface area contributed by atoms with E-state index in [1.54, 1.807) is 0 Å². The highest BCUT2D eigenvalue weighted by Crippen LogP contribution is 2.19. The first kappa shape index (κ1) is 14.5. The Bertz CT molecular complexity index is 93.2. The molecule has 0 aromatic heterocycles. The van der Waals surface area contributed by atoms with E-state index in [0.717, 1.165) is 5.92 Å². The number of nitrogens with zero attached hydrogens (tertiary/aromatic N) is 1. The minimum absolute atomic E-state index is 0.355. The van der Waals surface area contributed by atoms with Crippen molar-refractivity contribution < 1.29 is 0 Å². The third kappa shape index (κ3) is 6.66. The van der Waals surface area contributed by atoms with Crippen molar-refractivity contribution in [3.63, 3.8) is 0 Å². The summed E-state index contributed by atoms with van der Waals surface area (Å²) in [6.45, 7) is 13.1. The van der Waals surface area contributed by atoms with Crippen LogP contribution in [0.3, 0.4) is 0 Å². The minimum Gasteiger partial charge on any atom is -0.304 e. The lowest BCUT2D eigenvalue weighted by molar-refractivity contribution is 0.163. The molecule has 0 fully saturated rings. The fraction of sp³-hybridized carbons (Fsp3) is 1.00. The Morgan fingerprint density at radius 3 is 1.50 bits per heavy atom. The molecule has 0 aromatic carbocycles. The van der Waals surface area contributed by atoms with Crippen LogP contribution in [0.1, 0.15) is 48.0 Å². The van der Waals surface area contributed by atoms with E-state index in [9.17, 15) is 0 Å². The average Bonchev–Trinajstić information content (AvgIpc) is 1.89. The van der Waals surface area contributed by atoms with Crippen LogP contribution in [0.2, 0.25) is 0 Å². The predicted octanol–water partition coefficient (Wildman–Crippen LogP) is 3.40. The zero-order valence-corrected chi connectivity index (χ0v) is 10.2. The molecule has 0 unspecified atom stereocenters. The van der Waals surface area contributed by atoms with Crippen molar-refractivity contribution in [1.29, 1.82) is 0 Å². The molecular weight excluding hydrogens is 146 g/mol. The number of hydrogen-bond acceptors (Lipinski definition) is 1. The second kappa shape index (κ2) is 6.47. The molecule has 76 valence electrons. The van der Waals surface area contributed by atoms with Gasteiger partial charge in [0.2, 0.25) is 0 Å². The van der Waals surface area contributed by atoms with Gasteiger partial charge >= 0.3 is 0 Å². The molecule has 0 aliphatic heterocycles. The lowest BCUT2D eigenvalue weighted by atomic mass is 9.92. The number of rotatable bonds is 3. The maximum absolute atomic E-state index is 2.28. The van der Waals surface area contributed by atoms with Gasteiger partial charge in [-0.25, -0.2) is 0 Å². The fourth-order valence-corrected chi connectivity index (χ4v) is 1.18. The monoisotopic (exact) mass is 173 g/mol. The van der Waals surface area contributed by atoms with Crippen molar-refractivity contribution in [2.45, 2.75) is 53.5 Å². The van der Waals surface area contributed by atoms with Crippen molar-refractivity contribution in [2.24, 2.45) is 5.92 Å². The van der Waals surface area contributed by atoms with Crippen molar-refractivity contribution in [1.82, 2.24) is 4.90 Å². The standard InChI is InChI=1S/C9H21N.C2H6/c1-8(2)7-9(3,4)10(5)6;1-2/h8H,7H2,1-6H3;1-2H3. The topological polar surface area (TPSA) is 3.24 Å². The molecule has 0 heterocycles. The van der Waals surface area contributed by atoms with Crippen molar-refractivity contribution in [3.8, 4) is 0 Å². The van der Waals surface area contributed by atoms with E-state index < -0.39 is 0 Å². The minimum atomic E-state index is 0.355. The second-order valence-corrected chi connectivity index (χ2v) is 4.30. The third-order valence-corrected chi connectivity index (χ3v) is 2.12. The number of hydrogen-bond donors (Lipinski definition) is 0. The highest BCUT2D eigenvalue weighted by molar-refractivity contribution is 4.77. The summed E-state index contributed by atoms with van der Waals surface area (Å²) in [7, 11) is 4.28. The molecule has 0 radical (unpaired) electrons. The summed E-state index contributed by atoms with van der Waals surface area (Å²) in [5.41, 5.74) is 0.355. The zero-order valence-electron chi connectivity index (χ0n) is 10.2. The molecular formula is C11H27N. The van der Waals surface area contributed by atoms with Crippen molar-refractivity contribution >= 4 is 0 Å². The van der Waals surface area contributed by atoms with Crippen LogP contribution >= 0.6 is 0 Å². The zero-order chi connectivity index (χ0) is 10.4. The van der Waals surface area contributed by atoms with Gasteiger partial charge < -0.3 is 4.90 Å². The maximum atomic E-state index is 2.28. The van der Waals surface area contributed by atoms with Gasteiger partial charge in [0.1, 0.15) is 0 Å². The summed E-state index contributed by atoms with van der Waals surface area (Å²) in [5, 5.41) is 0. The van der Waals surface area contributed by atoms with E-state index in [4.69, 9.17) is 0 Å². The van der Waals surface area contributed by atoms with Crippen molar-refractivity contribution in [3.05, 3.63) is 0 Å². The molecule has 0 saturated heterocycles. The Morgan fingerprint density at radius 1 is 1.08 bits per heavy atom. The lowest BCUT2D eigenvalue weighted by Gasteiger charge is -2.34. The van der Waals surface area contributed by atoms with Gasteiger partial charge in [-0.3, -0.25) is 0 Å². The molecule has 0 amide bonds. The fourth-order valence-electron chi connectivity index (χ4n) is 1.18. The Balaban J connectivity index is 0. The summed E-state index contributed by atoms with van der Waals surface area (Å²) in [5.74, 6) is 0.789. The van der Waals surface area contributed by atoms with Gasteiger partial charge in [0.05, 0.1) is 0 Å². The smallest absolute Gasteiger partial charge is 0.0149 e. The van der Waals surface area contributed by atoms with Crippen LogP contribution in [-0.4, -0.2) is 24.5 Å².